The van der Waals surface area contributed by atoms with Crippen LogP contribution in [0.15, 0.2) is 17.2 Å². The van der Waals surface area contributed by atoms with Crippen LogP contribution in [0.25, 0.3) is 0 Å². The average Bonchev–Trinajstić information content (AvgIpc) is 2.49. The van der Waals surface area contributed by atoms with Gasteiger partial charge in [0.15, 0.2) is 0 Å². The first-order chi connectivity index (χ1) is 8.65. The fourth-order valence-corrected chi connectivity index (χ4v) is 2.96. The number of aryl methyl sites for hydroxylation is 3. The fraction of sp³-hybridized carbons (Fsp3) is 0.467. The van der Waals surface area contributed by atoms with Gasteiger partial charge in [0, 0.05) is 17.9 Å². The number of hydrogen-bond acceptors (Lipinski definition) is 2. The molecule has 3 rings (SSSR count). The first kappa shape index (κ1) is 11.5. The van der Waals surface area contributed by atoms with Crippen LogP contribution in [-0.4, -0.2) is 11.6 Å². The second kappa shape index (κ2) is 4.23. The summed E-state index contributed by atoms with van der Waals surface area (Å²) >= 11 is 0. The topological polar surface area (TPSA) is 41.5 Å². The van der Waals surface area contributed by atoms with Crippen molar-refractivity contribution in [3.8, 4) is 0 Å². The normalized spacial score (nSPS) is 22.4. The molecule has 1 N–H and O–H groups in total. The molecule has 18 heavy (non-hydrogen) atoms. The predicted molar refractivity (Wildman–Crippen MR) is 71.6 cm³/mol. The number of hydrogen-bond donors (Lipinski definition) is 1. The Morgan fingerprint density at radius 3 is 2.89 bits per heavy atom. The number of carbonyl (C=O) groups is 1. The lowest BCUT2D eigenvalue weighted by Gasteiger charge is -2.22. The lowest BCUT2D eigenvalue weighted by atomic mass is 9.89. The third-order valence-corrected chi connectivity index (χ3v) is 4.11. The summed E-state index contributed by atoms with van der Waals surface area (Å²) in [6.45, 7) is 4.29. The lowest BCUT2D eigenvalue weighted by molar-refractivity contribution is -0.122. The Labute approximate surface area is 107 Å². The second-order valence-corrected chi connectivity index (χ2v) is 5.42. The van der Waals surface area contributed by atoms with Crippen molar-refractivity contribution in [3.63, 3.8) is 0 Å². The number of carbonyl (C=O) groups excluding carboxylic acids is 1. The quantitative estimate of drug-likeness (QED) is 0.746. The molecule has 1 heterocycles. The summed E-state index contributed by atoms with van der Waals surface area (Å²) in [6, 6.07) is 4.52. The van der Waals surface area contributed by atoms with Crippen LogP contribution in [0.4, 0.5) is 0 Å². The third kappa shape index (κ3) is 1.84. The smallest absolute Gasteiger partial charge is 0.240 e. The Balaban J connectivity index is 2.13. The van der Waals surface area contributed by atoms with Gasteiger partial charge < -0.3 is 0 Å². The molecule has 1 atom stereocenters. The summed E-state index contributed by atoms with van der Waals surface area (Å²) in [7, 11) is 0. The predicted octanol–water partition coefficient (Wildman–Crippen LogP) is 2.48. The fourth-order valence-electron chi connectivity index (χ4n) is 2.96. The van der Waals surface area contributed by atoms with Crippen molar-refractivity contribution in [3.05, 3.63) is 34.4 Å². The number of rotatable bonds is 0. The molecule has 0 saturated carbocycles. The van der Waals surface area contributed by atoms with Gasteiger partial charge in [-0.05, 0) is 55.9 Å². The molecule has 1 aliphatic heterocycles. The van der Waals surface area contributed by atoms with Crippen molar-refractivity contribution in [2.75, 3.05) is 0 Å². The molecule has 2 aliphatic rings. The van der Waals surface area contributed by atoms with E-state index >= 15 is 0 Å². The molecule has 1 aromatic rings. The van der Waals surface area contributed by atoms with Crippen molar-refractivity contribution in [2.24, 2.45) is 11.0 Å². The van der Waals surface area contributed by atoms with Gasteiger partial charge in [-0.2, -0.15) is 5.10 Å². The highest BCUT2D eigenvalue weighted by Crippen LogP contribution is 2.30. The zero-order chi connectivity index (χ0) is 12.7. The molecule has 0 bridgehead atoms. The minimum atomic E-state index is 0.0519. The molecular formula is C15H18N2O. The van der Waals surface area contributed by atoms with Gasteiger partial charge in [0.2, 0.25) is 5.91 Å². The van der Waals surface area contributed by atoms with E-state index in [-0.39, 0.29) is 5.91 Å². The van der Waals surface area contributed by atoms with Crippen molar-refractivity contribution >= 4 is 11.6 Å². The Hall–Kier alpha value is -1.64. The van der Waals surface area contributed by atoms with Crippen molar-refractivity contribution in [1.82, 2.24) is 5.43 Å². The van der Waals surface area contributed by atoms with Gasteiger partial charge in [-0.3, -0.25) is 4.79 Å². The third-order valence-electron chi connectivity index (χ3n) is 4.11. The minimum absolute atomic E-state index is 0.0519. The summed E-state index contributed by atoms with van der Waals surface area (Å²) in [5, 5.41) is 4.32. The Morgan fingerprint density at radius 1 is 1.28 bits per heavy atom. The Bertz CT molecular complexity index is 546. The van der Waals surface area contributed by atoms with Crippen LogP contribution >= 0.6 is 0 Å². The summed E-state index contributed by atoms with van der Waals surface area (Å²) in [6.07, 6.45) is 3.90. The maximum atomic E-state index is 11.4. The van der Waals surface area contributed by atoms with E-state index in [1.807, 2.05) is 0 Å². The molecule has 1 aromatic carbocycles. The van der Waals surface area contributed by atoms with Crippen molar-refractivity contribution in [2.45, 2.75) is 39.5 Å². The van der Waals surface area contributed by atoms with Crippen LogP contribution in [0.5, 0.6) is 0 Å². The van der Waals surface area contributed by atoms with E-state index in [1.54, 1.807) is 0 Å². The van der Waals surface area contributed by atoms with Gasteiger partial charge in [0.1, 0.15) is 0 Å². The highest BCUT2D eigenvalue weighted by Gasteiger charge is 2.29. The molecule has 94 valence electrons. The molecule has 1 unspecified atom stereocenters. The summed E-state index contributed by atoms with van der Waals surface area (Å²) in [5.74, 6) is 0.359. The van der Waals surface area contributed by atoms with Gasteiger partial charge in [-0.25, -0.2) is 5.43 Å². The maximum Gasteiger partial charge on any atom is 0.240 e. The van der Waals surface area contributed by atoms with E-state index in [1.165, 1.54) is 22.3 Å². The molecule has 3 nitrogen and oxygen atoms in total. The highest BCUT2D eigenvalue weighted by atomic mass is 16.2. The standard InChI is InChI=1S/C15H18N2O/c1-9-6-11-4-3-5-12-8-14(18)16-17-15(12)13(11)7-10(9)2/h6-7,12H,3-5,8H2,1-2H3,(H,16,18). The molecule has 0 fully saturated rings. The minimum Gasteiger partial charge on any atom is -0.273 e. The van der Waals surface area contributed by atoms with Gasteiger partial charge >= 0.3 is 0 Å². The zero-order valence-electron chi connectivity index (χ0n) is 10.9. The maximum absolute atomic E-state index is 11.4. The van der Waals surface area contributed by atoms with Crippen LogP contribution in [0.1, 0.15) is 41.5 Å². The summed E-state index contributed by atoms with van der Waals surface area (Å²) in [4.78, 5) is 11.4. The van der Waals surface area contributed by atoms with Crippen LogP contribution in [-0.2, 0) is 11.2 Å². The van der Waals surface area contributed by atoms with Gasteiger partial charge in [-0.1, -0.05) is 6.07 Å². The van der Waals surface area contributed by atoms with Crippen molar-refractivity contribution in [1.29, 1.82) is 0 Å². The van der Waals surface area contributed by atoms with Gasteiger partial charge in [-0.15, -0.1) is 0 Å². The number of fused-ring (bicyclic) bond motifs is 3. The number of nitrogens with one attached hydrogen (secondary N) is 1. The number of hydrazone groups is 1. The molecule has 3 heteroatoms. The van der Waals surface area contributed by atoms with E-state index < -0.39 is 0 Å². The van der Waals surface area contributed by atoms with E-state index in [4.69, 9.17) is 0 Å². The first-order valence-electron chi connectivity index (χ1n) is 6.62. The molecule has 0 radical (unpaired) electrons. The summed E-state index contributed by atoms with van der Waals surface area (Å²) < 4.78 is 0. The van der Waals surface area contributed by atoms with E-state index in [0.29, 0.717) is 12.3 Å². The second-order valence-electron chi connectivity index (χ2n) is 5.42. The Kier molecular flexibility index (Phi) is 2.69. The SMILES string of the molecule is Cc1cc2c(cc1C)C1=NNC(=O)CC1CCC2. The van der Waals surface area contributed by atoms with Crippen LogP contribution < -0.4 is 5.43 Å². The van der Waals surface area contributed by atoms with Crippen molar-refractivity contribution < 1.29 is 4.79 Å². The summed E-state index contributed by atoms with van der Waals surface area (Å²) in [5.41, 5.74) is 9.00. The molecule has 1 amide bonds. The largest absolute Gasteiger partial charge is 0.273 e. The zero-order valence-corrected chi connectivity index (χ0v) is 10.9. The Morgan fingerprint density at radius 2 is 2.06 bits per heavy atom. The molecule has 0 aromatic heterocycles. The van der Waals surface area contributed by atoms with Gasteiger partial charge in [0.25, 0.3) is 0 Å². The van der Waals surface area contributed by atoms with Gasteiger partial charge in [0.05, 0.1) is 5.71 Å². The molecular weight excluding hydrogens is 224 g/mol. The average molecular weight is 242 g/mol. The lowest BCUT2D eigenvalue weighted by Crippen LogP contribution is -2.33. The van der Waals surface area contributed by atoms with Crippen LogP contribution in [0.2, 0.25) is 0 Å². The van der Waals surface area contributed by atoms with Crippen LogP contribution in [0.3, 0.4) is 0 Å². The molecule has 0 spiro atoms. The van der Waals surface area contributed by atoms with E-state index in [2.05, 4.69) is 36.5 Å². The highest BCUT2D eigenvalue weighted by molar-refractivity contribution is 6.07. The number of nitrogens with zero attached hydrogens (tertiary/aromatic N) is 1. The molecule has 1 aliphatic carbocycles. The number of benzene rings is 1. The van der Waals surface area contributed by atoms with E-state index in [9.17, 15) is 4.79 Å². The molecule has 0 saturated heterocycles. The monoisotopic (exact) mass is 242 g/mol. The first-order valence-corrected chi connectivity index (χ1v) is 6.62. The number of amides is 1. The van der Waals surface area contributed by atoms with Crippen LogP contribution in [0, 0.1) is 19.8 Å². The van der Waals surface area contributed by atoms with E-state index in [0.717, 1.165) is 25.0 Å².